The second kappa shape index (κ2) is 4.80. The van der Waals surface area contributed by atoms with Gasteiger partial charge in [-0.05, 0) is 50.6 Å². The lowest BCUT2D eigenvalue weighted by Gasteiger charge is -2.36. The van der Waals surface area contributed by atoms with E-state index < -0.39 is 0 Å². The topological polar surface area (TPSA) is 29.9 Å². The van der Waals surface area contributed by atoms with Crippen molar-refractivity contribution in [1.29, 1.82) is 0 Å². The first kappa shape index (κ1) is 12.9. The number of rotatable bonds is 2. The second-order valence-electron chi connectivity index (χ2n) is 5.51. The molecule has 102 valence electrons. The van der Waals surface area contributed by atoms with Crippen LogP contribution in [0.3, 0.4) is 0 Å². The van der Waals surface area contributed by atoms with Gasteiger partial charge in [0, 0.05) is 17.5 Å². The van der Waals surface area contributed by atoms with Gasteiger partial charge < -0.3 is 9.88 Å². The number of nitrogens with zero attached hydrogens (tertiary/aromatic N) is 2. The molecule has 0 unspecified atom stereocenters. The first-order valence-electron chi connectivity index (χ1n) is 6.99. The van der Waals surface area contributed by atoms with Crippen LogP contribution in [0.4, 0.5) is 0 Å². The van der Waals surface area contributed by atoms with Crippen molar-refractivity contribution >= 4 is 22.6 Å². The monoisotopic (exact) mass is 277 g/mol. The molecule has 1 aromatic heterocycles. The van der Waals surface area contributed by atoms with Crippen molar-refractivity contribution in [2.24, 2.45) is 7.05 Å². The van der Waals surface area contributed by atoms with Crippen molar-refractivity contribution in [3.63, 3.8) is 0 Å². The first-order chi connectivity index (χ1) is 9.16. The van der Waals surface area contributed by atoms with Gasteiger partial charge in [-0.3, -0.25) is 0 Å². The fourth-order valence-electron chi connectivity index (χ4n) is 3.29. The van der Waals surface area contributed by atoms with Crippen LogP contribution in [0.1, 0.15) is 32.0 Å². The molecule has 1 aliphatic heterocycles. The van der Waals surface area contributed by atoms with E-state index in [1.165, 1.54) is 11.3 Å². The van der Waals surface area contributed by atoms with Crippen LogP contribution in [0.2, 0.25) is 5.02 Å². The number of piperidine rings is 1. The largest absolute Gasteiger partial charge is 0.331 e. The van der Waals surface area contributed by atoms with Crippen LogP contribution in [-0.2, 0) is 12.5 Å². The van der Waals surface area contributed by atoms with Gasteiger partial charge in [-0.2, -0.15) is 0 Å². The van der Waals surface area contributed by atoms with E-state index in [2.05, 4.69) is 29.9 Å². The lowest BCUT2D eigenvalue weighted by atomic mass is 9.76. The van der Waals surface area contributed by atoms with E-state index in [0.29, 0.717) is 0 Å². The van der Waals surface area contributed by atoms with Crippen molar-refractivity contribution in [2.75, 3.05) is 13.1 Å². The Morgan fingerprint density at radius 1 is 1.37 bits per heavy atom. The summed E-state index contributed by atoms with van der Waals surface area (Å²) < 4.78 is 2.25. The van der Waals surface area contributed by atoms with Gasteiger partial charge in [0.15, 0.2) is 0 Å². The van der Waals surface area contributed by atoms with Gasteiger partial charge in [0.25, 0.3) is 0 Å². The Morgan fingerprint density at radius 3 is 2.79 bits per heavy atom. The lowest BCUT2D eigenvalue weighted by Crippen LogP contribution is -2.41. The van der Waals surface area contributed by atoms with Crippen LogP contribution in [0.25, 0.3) is 11.0 Å². The summed E-state index contributed by atoms with van der Waals surface area (Å²) in [6, 6.07) is 5.97. The smallest absolute Gasteiger partial charge is 0.115 e. The summed E-state index contributed by atoms with van der Waals surface area (Å²) in [5, 5.41) is 4.21. The van der Waals surface area contributed by atoms with E-state index >= 15 is 0 Å². The number of hydrogen-bond acceptors (Lipinski definition) is 2. The minimum atomic E-state index is 0.214. The number of imidazole rings is 1. The highest BCUT2D eigenvalue weighted by Crippen LogP contribution is 2.37. The molecule has 1 aliphatic rings. The molecule has 0 amide bonds. The number of aryl methyl sites for hydroxylation is 1. The summed E-state index contributed by atoms with van der Waals surface area (Å²) in [5.74, 6) is 1.22. The summed E-state index contributed by atoms with van der Waals surface area (Å²) in [6.07, 6.45) is 3.46. The van der Waals surface area contributed by atoms with Crippen molar-refractivity contribution in [3.8, 4) is 0 Å². The third-order valence-corrected chi connectivity index (χ3v) is 4.79. The molecule has 1 N–H and O–H groups in total. The summed E-state index contributed by atoms with van der Waals surface area (Å²) in [5.41, 5.74) is 2.40. The number of hydrogen-bond donors (Lipinski definition) is 1. The Balaban J connectivity index is 2.15. The maximum atomic E-state index is 6.08. The maximum Gasteiger partial charge on any atom is 0.115 e. The Morgan fingerprint density at radius 2 is 2.11 bits per heavy atom. The zero-order valence-corrected chi connectivity index (χ0v) is 12.3. The molecule has 4 heteroatoms. The van der Waals surface area contributed by atoms with Crippen LogP contribution in [0.15, 0.2) is 18.2 Å². The van der Waals surface area contributed by atoms with Crippen LogP contribution >= 0.6 is 11.6 Å². The number of nitrogens with one attached hydrogen (secondary N) is 1. The van der Waals surface area contributed by atoms with Gasteiger partial charge >= 0.3 is 0 Å². The highest BCUT2D eigenvalue weighted by Gasteiger charge is 2.36. The Hall–Kier alpha value is -1.06. The van der Waals surface area contributed by atoms with E-state index in [1.54, 1.807) is 0 Å². The van der Waals surface area contributed by atoms with Crippen LogP contribution in [-0.4, -0.2) is 22.6 Å². The molecule has 0 bridgehead atoms. The average molecular weight is 278 g/mol. The molecule has 0 atom stereocenters. The zero-order valence-electron chi connectivity index (χ0n) is 11.5. The fraction of sp³-hybridized carbons (Fsp3) is 0.533. The van der Waals surface area contributed by atoms with E-state index in [4.69, 9.17) is 16.6 Å². The van der Waals surface area contributed by atoms with Gasteiger partial charge in [0.05, 0.1) is 11.0 Å². The number of halogens is 1. The Labute approximate surface area is 119 Å². The maximum absolute atomic E-state index is 6.08. The van der Waals surface area contributed by atoms with Gasteiger partial charge in [0.1, 0.15) is 5.82 Å². The van der Waals surface area contributed by atoms with E-state index in [-0.39, 0.29) is 5.41 Å². The predicted octanol–water partition coefficient (Wildman–Crippen LogP) is 3.26. The molecule has 1 fully saturated rings. The van der Waals surface area contributed by atoms with Crippen LogP contribution in [0, 0.1) is 0 Å². The molecule has 3 rings (SSSR count). The second-order valence-corrected chi connectivity index (χ2v) is 5.95. The summed E-state index contributed by atoms with van der Waals surface area (Å²) in [7, 11) is 2.12. The molecule has 2 heterocycles. The lowest BCUT2D eigenvalue weighted by molar-refractivity contribution is 0.277. The molecule has 2 aromatic rings. The minimum absolute atomic E-state index is 0.214. The highest BCUT2D eigenvalue weighted by atomic mass is 35.5. The Bertz CT molecular complexity index is 597. The molecule has 3 nitrogen and oxygen atoms in total. The molecule has 1 aromatic carbocycles. The SMILES string of the molecule is CCC1(c2nc3cc(Cl)ccc3n2C)CCNCC1. The van der Waals surface area contributed by atoms with Crippen LogP contribution in [0.5, 0.6) is 0 Å². The third kappa shape index (κ3) is 2.05. The van der Waals surface area contributed by atoms with Gasteiger partial charge in [-0.15, -0.1) is 0 Å². The van der Waals surface area contributed by atoms with Crippen molar-refractivity contribution in [3.05, 3.63) is 29.0 Å². The number of aromatic nitrogens is 2. The Kier molecular flexibility index (Phi) is 3.27. The molecule has 0 radical (unpaired) electrons. The average Bonchev–Trinajstić information content (AvgIpc) is 2.77. The standard InChI is InChI=1S/C15H20ClN3/c1-3-15(6-8-17-9-7-15)14-18-12-10-11(16)4-5-13(12)19(14)2/h4-5,10,17H,3,6-9H2,1-2H3. The van der Waals surface area contributed by atoms with Crippen molar-refractivity contribution in [1.82, 2.24) is 14.9 Å². The molecule has 0 spiro atoms. The van der Waals surface area contributed by atoms with Crippen LogP contribution < -0.4 is 5.32 Å². The summed E-state index contributed by atoms with van der Waals surface area (Å²) in [6.45, 7) is 4.44. The van der Waals surface area contributed by atoms with Gasteiger partial charge in [0.2, 0.25) is 0 Å². The van der Waals surface area contributed by atoms with E-state index in [0.717, 1.165) is 42.9 Å². The number of fused-ring (bicyclic) bond motifs is 1. The van der Waals surface area contributed by atoms with E-state index in [1.807, 2.05) is 12.1 Å². The first-order valence-corrected chi connectivity index (χ1v) is 7.37. The molecule has 1 saturated heterocycles. The quantitative estimate of drug-likeness (QED) is 0.913. The van der Waals surface area contributed by atoms with Crippen molar-refractivity contribution in [2.45, 2.75) is 31.6 Å². The molecule has 19 heavy (non-hydrogen) atoms. The molecule has 0 saturated carbocycles. The fourth-order valence-corrected chi connectivity index (χ4v) is 3.45. The zero-order chi connectivity index (χ0) is 13.5. The van der Waals surface area contributed by atoms with Crippen molar-refractivity contribution < 1.29 is 0 Å². The van der Waals surface area contributed by atoms with Gasteiger partial charge in [-0.25, -0.2) is 4.98 Å². The molecular formula is C15H20ClN3. The third-order valence-electron chi connectivity index (χ3n) is 4.55. The minimum Gasteiger partial charge on any atom is -0.331 e. The van der Waals surface area contributed by atoms with E-state index in [9.17, 15) is 0 Å². The highest BCUT2D eigenvalue weighted by molar-refractivity contribution is 6.31. The predicted molar refractivity (Wildman–Crippen MR) is 79.8 cm³/mol. The number of benzene rings is 1. The summed E-state index contributed by atoms with van der Waals surface area (Å²) in [4.78, 5) is 4.89. The van der Waals surface area contributed by atoms with Gasteiger partial charge in [-0.1, -0.05) is 18.5 Å². The molecular weight excluding hydrogens is 258 g/mol. The normalized spacial score (nSPS) is 18.9. The summed E-state index contributed by atoms with van der Waals surface area (Å²) >= 11 is 6.08. The molecule has 0 aliphatic carbocycles.